The number of carbonyl (C=O) groups excluding carboxylic acids is 1. The van der Waals surface area contributed by atoms with E-state index in [1.54, 1.807) is 4.90 Å². The number of aliphatic carboxylic acids is 1. The van der Waals surface area contributed by atoms with Crippen LogP contribution in [-0.4, -0.2) is 48.1 Å². The molecule has 2 aliphatic heterocycles. The number of nitrogens with one attached hydrogen (secondary N) is 1. The van der Waals surface area contributed by atoms with Gasteiger partial charge in [0.05, 0.1) is 0 Å². The van der Waals surface area contributed by atoms with Crippen LogP contribution in [0.15, 0.2) is 0 Å². The van der Waals surface area contributed by atoms with Gasteiger partial charge in [0, 0.05) is 26.2 Å². The third-order valence-corrected chi connectivity index (χ3v) is 3.04. The zero-order valence-corrected chi connectivity index (χ0v) is 7.90. The van der Waals surface area contributed by atoms with Crippen molar-refractivity contribution in [1.82, 2.24) is 10.2 Å². The van der Waals surface area contributed by atoms with Crippen molar-refractivity contribution in [2.75, 3.05) is 26.2 Å². The standard InChI is InChI=1S/C9H14N2O3/c12-8(1-9(13)14)11-4-6-2-10-3-7(6)5-11/h6-7,10H,1-5H2,(H,13,14). The van der Waals surface area contributed by atoms with Gasteiger partial charge in [0.15, 0.2) is 0 Å². The van der Waals surface area contributed by atoms with Crippen LogP contribution in [0.4, 0.5) is 0 Å². The highest BCUT2D eigenvalue weighted by molar-refractivity contribution is 5.93. The molecule has 0 aromatic rings. The zero-order valence-electron chi connectivity index (χ0n) is 7.90. The number of amides is 1. The van der Waals surface area contributed by atoms with Crippen molar-refractivity contribution in [3.63, 3.8) is 0 Å². The van der Waals surface area contributed by atoms with Crippen LogP contribution in [0, 0.1) is 11.8 Å². The number of carboxylic acid groups (broad SMARTS) is 1. The van der Waals surface area contributed by atoms with E-state index in [0.29, 0.717) is 11.8 Å². The first-order valence-corrected chi connectivity index (χ1v) is 4.87. The number of fused-ring (bicyclic) bond motifs is 1. The van der Waals surface area contributed by atoms with E-state index in [4.69, 9.17) is 5.11 Å². The number of hydrogen-bond acceptors (Lipinski definition) is 3. The normalized spacial score (nSPS) is 30.4. The summed E-state index contributed by atoms with van der Waals surface area (Å²) in [5.41, 5.74) is 0. The average Bonchev–Trinajstić information content (AvgIpc) is 2.58. The molecule has 2 aliphatic rings. The molecule has 78 valence electrons. The Labute approximate surface area is 82.1 Å². The lowest BCUT2D eigenvalue weighted by molar-refractivity contribution is -0.143. The summed E-state index contributed by atoms with van der Waals surface area (Å²) in [6.45, 7) is 3.37. The lowest BCUT2D eigenvalue weighted by Crippen LogP contribution is -2.33. The van der Waals surface area contributed by atoms with E-state index < -0.39 is 5.97 Å². The molecular formula is C9H14N2O3. The Morgan fingerprint density at radius 3 is 2.36 bits per heavy atom. The number of hydrogen-bond donors (Lipinski definition) is 2. The van der Waals surface area contributed by atoms with Crippen LogP contribution in [0.2, 0.25) is 0 Å². The van der Waals surface area contributed by atoms with Gasteiger partial charge in [-0.2, -0.15) is 0 Å². The molecule has 2 saturated heterocycles. The monoisotopic (exact) mass is 198 g/mol. The number of carboxylic acids is 1. The summed E-state index contributed by atoms with van der Waals surface area (Å²) < 4.78 is 0. The first kappa shape index (κ1) is 9.45. The van der Waals surface area contributed by atoms with E-state index in [0.717, 1.165) is 26.2 Å². The van der Waals surface area contributed by atoms with Gasteiger partial charge in [0.2, 0.25) is 5.91 Å². The maximum atomic E-state index is 11.4. The maximum absolute atomic E-state index is 11.4. The summed E-state index contributed by atoms with van der Waals surface area (Å²) in [5, 5.41) is 11.8. The Balaban J connectivity index is 1.89. The second-order valence-corrected chi connectivity index (χ2v) is 4.05. The summed E-state index contributed by atoms with van der Waals surface area (Å²) in [5.74, 6) is -0.211. The number of carbonyl (C=O) groups is 2. The molecule has 1 amide bonds. The predicted molar refractivity (Wildman–Crippen MR) is 48.7 cm³/mol. The first-order chi connectivity index (χ1) is 6.66. The minimum absolute atomic E-state index is 0.244. The van der Waals surface area contributed by atoms with Crippen molar-refractivity contribution in [1.29, 1.82) is 0 Å². The molecule has 2 fully saturated rings. The maximum Gasteiger partial charge on any atom is 0.312 e. The van der Waals surface area contributed by atoms with E-state index in [2.05, 4.69) is 5.32 Å². The fraction of sp³-hybridized carbons (Fsp3) is 0.778. The van der Waals surface area contributed by atoms with Crippen molar-refractivity contribution in [2.45, 2.75) is 6.42 Å². The molecule has 0 bridgehead atoms. The van der Waals surface area contributed by atoms with Crippen LogP contribution in [0.5, 0.6) is 0 Å². The van der Waals surface area contributed by atoms with Crippen molar-refractivity contribution in [2.24, 2.45) is 11.8 Å². The lowest BCUT2D eigenvalue weighted by atomic mass is 10.0. The zero-order chi connectivity index (χ0) is 10.1. The molecule has 5 nitrogen and oxygen atoms in total. The summed E-state index contributed by atoms with van der Waals surface area (Å²) in [4.78, 5) is 23.4. The van der Waals surface area contributed by atoms with Crippen molar-refractivity contribution < 1.29 is 14.7 Å². The highest BCUT2D eigenvalue weighted by atomic mass is 16.4. The van der Waals surface area contributed by atoms with Gasteiger partial charge in [0.1, 0.15) is 6.42 Å². The third kappa shape index (κ3) is 1.72. The highest BCUT2D eigenvalue weighted by Crippen LogP contribution is 2.26. The van der Waals surface area contributed by atoms with E-state index in [-0.39, 0.29) is 12.3 Å². The van der Waals surface area contributed by atoms with E-state index in [9.17, 15) is 9.59 Å². The van der Waals surface area contributed by atoms with Gasteiger partial charge in [-0.25, -0.2) is 0 Å². The van der Waals surface area contributed by atoms with Gasteiger partial charge in [0.25, 0.3) is 0 Å². The quantitative estimate of drug-likeness (QED) is 0.566. The summed E-state index contributed by atoms with van der Waals surface area (Å²) >= 11 is 0. The molecule has 5 heteroatoms. The molecule has 2 heterocycles. The van der Waals surface area contributed by atoms with Gasteiger partial charge in [-0.3, -0.25) is 9.59 Å². The Kier molecular flexibility index (Phi) is 2.41. The fourth-order valence-electron chi connectivity index (χ4n) is 2.30. The third-order valence-electron chi connectivity index (χ3n) is 3.04. The average molecular weight is 198 g/mol. The van der Waals surface area contributed by atoms with Gasteiger partial charge in [-0.05, 0) is 11.8 Å². The smallest absolute Gasteiger partial charge is 0.312 e. The molecule has 0 saturated carbocycles. The molecule has 2 N–H and O–H groups in total. The summed E-state index contributed by atoms with van der Waals surface area (Å²) in [6, 6.07) is 0. The lowest BCUT2D eigenvalue weighted by Gasteiger charge is -2.15. The van der Waals surface area contributed by atoms with Crippen molar-refractivity contribution in [3.8, 4) is 0 Å². The number of nitrogens with zero attached hydrogens (tertiary/aromatic N) is 1. The first-order valence-electron chi connectivity index (χ1n) is 4.87. The van der Waals surface area contributed by atoms with Crippen LogP contribution < -0.4 is 5.32 Å². The van der Waals surface area contributed by atoms with Crippen molar-refractivity contribution in [3.05, 3.63) is 0 Å². The van der Waals surface area contributed by atoms with Gasteiger partial charge in [-0.15, -0.1) is 0 Å². The van der Waals surface area contributed by atoms with Gasteiger partial charge >= 0.3 is 5.97 Å². The van der Waals surface area contributed by atoms with E-state index in [1.165, 1.54) is 0 Å². The molecular weight excluding hydrogens is 184 g/mol. The molecule has 2 rings (SSSR count). The van der Waals surface area contributed by atoms with Crippen molar-refractivity contribution >= 4 is 11.9 Å². The molecule has 0 aromatic heterocycles. The molecule has 2 atom stereocenters. The summed E-state index contributed by atoms with van der Waals surface area (Å²) in [6.07, 6.45) is -0.368. The Hall–Kier alpha value is -1.10. The molecule has 0 spiro atoms. The van der Waals surface area contributed by atoms with Gasteiger partial charge in [-0.1, -0.05) is 0 Å². The van der Waals surface area contributed by atoms with Crippen LogP contribution >= 0.6 is 0 Å². The minimum atomic E-state index is -1.04. The topological polar surface area (TPSA) is 69.6 Å². The van der Waals surface area contributed by atoms with Crippen LogP contribution in [0.1, 0.15) is 6.42 Å². The second-order valence-electron chi connectivity index (χ2n) is 4.05. The molecule has 2 unspecified atom stereocenters. The number of likely N-dealkylation sites (tertiary alicyclic amines) is 1. The predicted octanol–water partition coefficient (Wildman–Crippen LogP) is -0.861. The SMILES string of the molecule is O=C(O)CC(=O)N1CC2CNCC2C1. The van der Waals surface area contributed by atoms with E-state index >= 15 is 0 Å². The molecule has 14 heavy (non-hydrogen) atoms. The van der Waals surface area contributed by atoms with Crippen LogP contribution in [0.3, 0.4) is 0 Å². The van der Waals surface area contributed by atoms with Crippen LogP contribution in [-0.2, 0) is 9.59 Å². The summed E-state index contributed by atoms with van der Waals surface area (Å²) in [7, 11) is 0. The minimum Gasteiger partial charge on any atom is -0.481 e. The Morgan fingerprint density at radius 1 is 1.29 bits per heavy atom. The molecule has 0 aromatic carbocycles. The van der Waals surface area contributed by atoms with Crippen LogP contribution in [0.25, 0.3) is 0 Å². The number of rotatable bonds is 2. The Morgan fingerprint density at radius 2 is 1.86 bits per heavy atom. The largest absolute Gasteiger partial charge is 0.481 e. The van der Waals surface area contributed by atoms with Gasteiger partial charge < -0.3 is 15.3 Å². The molecule has 0 aliphatic carbocycles. The molecule has 0 radical (unpaired) electrons. The fourth-order valence-corrected chi connectivity index (χ4v) is 2.30. The van der Waals surface area contributed by atoms with E-state index in [1.807, 2.05) is 0 Å². The highest BCUT2D eigenvalue weighted by Gasteiger charge is 2.38. The Bertz CT molecular complexity index is 255. The second kappa shape index (κ2) is 3.57.